The topological polar surface area (TPSA) is 12.9 Å². The summed E-state index contributed by atoms with van der Waals surface area (Å²) in [5.41, 5.74) is 2.71. The minimum absolute atomic E-state index is 1.11. The van der Waals surface area contributed by atoms with Gasteiger partial charge in [-0.25, -0.2) is 0 Å². The van der Waals surface area contributed by atoms with E-state index in [4.69, 9.17) is 0 Å². The molecule has 0 unspecified atom stereocenters. The largest absolute Gasteiger partial charge is 0.261 e. The average Bonchev–Trinajstić information content (AvgIpc) is 2.05. The smallest absolute Gasteiger partial charge is 0.0435 e. The van der Waals surface area contributed by atoms with Gasteiger partial charge < -0.3 is 0 Å². The van der Waals surface area contributed by atoms with E-state index in [1.807, 2.05) is 12.3 Å². The van der Waals surface area contributed by atoms with E-state index >= 15 is 0 Å². The zero-order valence-electron chi connectivity index (χ0n) is 5.88. The zero-order valence-corrected chi connectivity index (χ0v) is 5.88. The van der Waals surface area contributed by atoms with Crippen LogP contribution < -0.4 is 0 Å². The minimum Gasteiger partial charge on any atom is -0.261 e. The highest BCUT2D eigenvalue weighted by Gasteiger charge is 2.07. The number of fused-ring (bicyclic) bond motifs is 1. The van der Waals surface area contributed by atoms with Crippen molar-refractivity contribution in [2.45, 2.75) is 19.3 Å². The Morgan fingerprint density at radius 1 is 1.40 bits per heavy atom. The molecule has 0 atom stereocenters. The van der Waals surface area contributed by atoms with Crippen molar-refractivity contribution in [2.24, 2.45) is 0 Å². The lowest BCUT2D eigenvalue weighted by Crippen LogP contribution is -2.04. The monoisotopic (exact) mass is 132 g/mol. The fraction of sp³-hybridized carbons (Fsp3) is 0.333. The van der Waals surface area contributed by atoms with E-state index < -0.39 is 0 Å². The molecule has 0 saturated carbocycles. The van der Waals surface area contributed by atoms with Gasteiger partial charge in [0.25, 0.3) is 0 Å². The molecule has 0 amide bonds. The highest BCUT2D eigenvalue weighted by molar-refractivity contribution is 5.24. The first-order valence-corrected chi connectivity index (χ1v) is 3.71. The zero-order chi connectivity index (χ0) is 6.81. The van der Waals surface area contributed by atoms with Crippen LogP contribution in [0.1, 0.15) is 17.7 Å². The van der Waals surface area contributed by atoms with Gasteiger partial charge in [0.15, 0.2) is 0 Å². The number of pyridine rings is 1. The van der Waals surface area contributed by atoms with Crippen LogP contribution >= 0.6 is 0 Å². The molecule has 0 bridgehead atoms. The van der Waals surface area contributed by atoms with Crippen molar-refractivity contribution < 1.29 is 0 Å². The minimum atomic E-state index is 1.11. The van der Waals surface area contributed by atoms with Gasteiger partial charge in [0, 0.05) is 11.9 Å². The van der Waals surface area contributed by atoms with Crippen LogP contribution in [-0.4, -0.2) is 4.98 Å². The first-order valence-electron chi connectivity index (χ1n) is 3.71. The summed E-state index contributed by atoms with van der Waals surface area (Å²) < 4.78 is 0. The third-order valence-electron chi connectivity index (χ3n) is 1.93. The van der Waals surface area contributed by atoms with Crippen molar-refractivity contribution in [3.8, 4) is 0 Å². The van der Waals surface area contributed by atoms with Crippen molar-refractivity contribution in [1.29, 1.82) is 0 Å². The second-order valence-electron chi connectivity index (χ2n) is 2.64. The molecule has 1 heteroatoms. The maximum Gasteiger partial charge on any atom is 0.0435 e. The Balaban J connectivity index is 2.41. The Bertz CT molecular complexity index is 205. The van der Waals surface area contributed by atoms with E-state index in [9.17, 15) is 0 Å². The summed E-state index contributed by atoms with van der Waals surface area (Å²) in [6.45, 7) is 0. The summed E-state index contributed by atoms with van der Waals surface area (Å²) in [7, 11) is 0. The number of nitrogens with zero attached hydrogens (tertiary/aromatic N) is 1. The van der Waals surface area contributed by atoms with Gasteiger partial charge in [0.2, 0.25) is 0 Å². The van der Waals surface area contributed by atoms with Gasteiger partial charge in [-0.2, -0.15) is 0 Å². The maximum absolute atomic E-state index is 4.30. The van der Waals surface area contributed by atoms with Gasteiger partial charge in [-0.05, 0) is 37.3 Å². The number of rotatable bonds is 0. The normalized spacial score (nSPS) is 16.4. The lowest BCUT2D eigenvalue weighted by atomic mass is 9.96. The molecule has 1 aliphatic rings. The van der Waals surface area contributed by atoms with Gasteiger partial charge in [-0.15, -0.1) is 0 Å². The predicted octanol–water partition coefficient (Wildman–Crippen LogP) is 1.77. The molecule has 1 radical (unpaired) electrons. The summed E-state index contributed by atoms with van der Waals surface area (Å²) in [4.78, 5) is 4.30. The summed E-state index contributed by atoms with van der Waals surface area (Å²) in [6, 6.07) is 4.18. The highest BCUT2D eigenvalue weighted by atomic mass is 14.7. The highest BCUT2D eigenvalue weighted by Crippen LogP contribution is 2.16. The first kappa shape index (κ1) is 5.90. The molecule has 10 heavy (non-hydrogen) atoms. The Labute approximate surface area is 61.1 Å². The Morgan fingerprint density at radius 2 is 2.40 bits per heavy atom. The molecule has 0 aromatic carbocycles. The molecule has 1 nitrogen and oxygen atoms in total. The van der Waals surface area contributed by atoms with E-state index in [2.05, 4.69) is 17.5 Å². The molecule has 0 aliphatic heterocycles. The standard InChI is InChI=1S/C9H10N/c1-2-6-9-8(4-1)5-3-7-10-9/h1,3,5,7H,2,4,6H2. The summed E-state index contributed by atoms with van der Waals surface area (Å²) in [5, 5.41) is 0. The number of aryl methyl sites for hydroxylation is 1. The van der Waals surface area contributed by atoms with E-state index in [0.717, 1.165) is 12.8 Å². The van der Waals surface area contributed by atoms with Gasteiger partial charge in [0.1, 0.15) is 0 Å². The fourth-order valence-corrected chi connectivity index (χ4v) is 1.38. The van der Waals surface area contributed by atoms with E-state index in [1.165, 1.54) is 17.7 Å². The number of hydrogen-bond acceptors (Lipinski definition) is 1. The van der Waals surface area contributed by atoms with Gasteiger partial charge in [0.05, 0.1) is 0 Å². The summed E-state index contributed by atoms with van der Waals surface area (Å²) >= 11 is 0. The second kappa shape index (κ2) is 2.41. The molecule has 0 fully saturated rings. The third kappa shape index (κ3) is 0.919. The van der Waals surface area contributed by atoms with Crippen LogP contribution in [0, 0.1) is 6.42 Å². The molecule has 1 aromatic rings. The first-order chi connectivity index (χ1) is 4.97. The molecule has 1 aliphatic carbocycles. The van der Waals surface area contributed by atoms with Crippen LogP contribution in [0.5, 0.6) is 0 Å². The van der Waals surface area contributed by atoms with Crippen molar-refractivity contribution in [3.63, 3.8) is 0 Å². The maximum atomic E-state index is 4.30. The third-order valence-corrected chi connectivity index (χ3v) is 1.93. The van der Waals surface area contributed by atoms with Crippen LogP contribution in [0.2, 0.25) is 0 Å². The van der Waals surface area contributed by atoms with E-state index in [1.54, 1.807) is 0 Å². The van der Waals surface area contributed by atoms with E-state index in [0.29, 0.717) is 0 Å². The molecular weight excluding hydrogens is 122 g/mol. The van der Waals surface area contributed by atoms with E-state index in [-0.39, 0.29) is 0 Å². The Hall–Kier alpha value is -0.850. The molecule has 0 N–H and O–H groups in total. The second-order valence-corrected chi connectivity index (χ2v) is 2.64. The summed E-state index contributed by atoms with van der Waals surface area (Å²) in [5.74, 6) is 0. The molecule has 1 heterocycles. The van der Waals surface area contributed by atoms with Crippen LogP contribution in [0.25, 0.3) is 0 Å². The van der Waals surface area contributed by atoms with Gasteiger partial charge in [-0.1, -0.05) is 6.07 Å². The molecular formula is C9H10N. The molecule has 51 valence electrons. The van der Waals surface area contributed by atoms with Crippen LogP contribution in [-0.2, 0) is 12.8 Å². The van der Waals surface area contributed by atoms with Crippen molar-refractivity contribution in [2.75, 3.05) is 0 Å². The predicted molar refractivity (Wildman–Crippen MR) is 40.6 cm³/mol. The molecule has 0 saturated heterocycles. The molecule has 0 spiro atoms. The quantitative estimate of drug-likeness (QED) is 0.524. The average molecular weight is 132 g/mol. The molecule has 2 rings (SSSR count). The lowest BCUT2D eigenvalue weighted by Gasteiger charge is -2.12. The number of hydrogen-bond donors (Lipinski definition) is 0. The van der Waals surface area contributed by atoms with Gasteiger partial charge >= 0.3 is 0 Å². The molecule has 1 aromatic heterocycles. The van der Waals surface area contributed by atoms with Crippen molar-refractivity contribution in [1.82, 2.24) is 4.98 Å². The van der Waals surface area contributed by atoms with Crippen LogP contribution in [0.4, 0.5) is 0 Å². The van der Waals surface area contributed by atoms with Crippen LogP contribution in [0.3, 0.4) is 0 Å². The van der Waals surface area contributed by atoms with Crippen LogP contribution in [0.15, 0.2) is 18.3 Å². The Morgan fingerprint density at radius 3 is 3.30 bits per heavy atom. The SMILES string of the molecule is [CH]1CCc2ncccc2C1. The van der Waals surface area contributed by atoms with Crippen molar-refractivity contribution in [3.05, 3.63) is 36.0 Å². The van der Waals surface area contributed by atoms with Gasteiger partial charge in [-0.3, -0.25) is 4.98 Å². The fourth-order valence-electron chi connectivity index (χ4n) is 1.38. The van der Waals surface area contributed by atoms with Crippen molar-refractivity contribution >= 4 is 0 Å². The lowest BCUT2D eigenvalue weighted by molar-refractivity contribution is 0.795. The number of aromatic nitrogens is 1. The Kier molecular flexibility index (Phi) is 1.42. The summed E-state index contributed by atoms with van der Waals surface area (Å²) in [6.07, 6.45) is 7.65.